The molecule has 5 atom stereocenters. The lowest BCUT2D eigenvalue weighted by Gasteiger charge is -2.19. The zero-order valence-electron chi connectivity index (χ0n) is 86.6. The number of aliphatic hydroxyl groups excluding tert-OH is 1. The summed E-state index contributed by atoms with van der Waals surface area (Å²) in [6, 6.07) is 81.0. The van der Waals surface area contributed by atoms with E-state index in [4.69, 9.17) is 0 Å². The third-order valence-corrected chi connectivity index (χ3v) is 22.0. The van der Waals surface area contributed by atoms with E-state index in [2.05, 4.69) is 100 Å². The van der Waals surface area contributed by atoms with Crippen LogP contribution >= 0.6 is 0 Å². The number of hydrogen-bond acceptors (Lipinski definition) is 9. The zero-order valence-corrected chi connectivity index (χ0v) is 86.6. The monoisotopic (exact) mass is 1790 g/mol. The second-order valence-corrected chi connectivity index (χ2v) is 31.3. The molecule has 1 N–H and O–H groups in total. The highest BCUT2D eigenvalue weighted by molar-refractivity contribution is 6.26. The Morgan fingerprint density at radius 1 is 0.326 bits per heavy atom. The summed E-state index contributed by atoms with van der Waals surface area (Å²) < 4.78 is 0. The molecule has 9 heteroatoms. The molecule has 132 heavy (non-hydrogen) atoms. The van der Waals surface area contributed by atoms with Gasteiger partial charge in [-0.2, -0.15) is 0 Å². The van der Waals surface area contributed by atoms with Gasteiger partial charge in [-0.15, -0.1) is 0 Å². The van der Waals surface area contributed by atoms with Crippen LogP contribution in [0.25, 0.3) is 12.2 Å². The van der Waals surface area contributed by atoms with Gasteiger partial charge in [0.15, 0.2) is 46.3 Å². The van der Waals surface area contributed by atoms with Gasteiger partial charge >= 0.3 is 0 Å². The number of ketones is 8. The summed E-state index contributed by atoms with van der Waals surface area (Å²) in [5, 5.41) is 9.65. The van der Waals surface area contributed by atoms with Crippen LogP contribution in [0.15, 0.2) is 272 Å². The number of fused-ring (bicyclic) bond motifs is 9. The van der Waals surface area contributed by atoms with Crippen molar-refractivity contribution in [3.63, 3.8) is 0 Å². The first-order valence-corrected chi connectivity index (χ1v) is 49.7. The Labute approximate surface area is 800 Å². The number of aliphatic hydroxyl groups is 1. The molecule has 10 aromatic rings. The van der Waals surface area contributed by atoms with Crippen molar-refractivity contribution in [2.75, 3.05) is 0 Å². The van der Waals surface area contributed by atoms with Gasteiger partial charge in [0.25, 0.3) is 0 Å². The van der Waals surface area contributed by atoms with E-state index in [1.807, 2.05) is 344 Å². The number of aryl methyl sites for hydroxylation is 2. The highest BCUT2D eigenvalue weighted by atomic mass is 16.3. The van der Waals surface area contributed by atoms with E-state index in [0.29, 0.717) is 40.0 Å². The average molecular weight is 1790 g/mol. The van der Waals surface area contributed by atoms with Gasteiger partial charge in [-0.3, -0.25) is 38.4 Å². The minimum atomic E-state index is -0.470. The molecule has 0 bridgehead atoms. The molecule has 0 aliphatic heterocycles. The van der Waals surface area contributed by atoms with Gasteiger partial charge in [0.1, 0.15) is 0 Å². The third kappa shape index (κ3) is 37.1. The maximum atomic E-state index is 11.8. The molecule has 0 saturated heterocycles. The van der Waals surface area contributed by atoms with Crippen molar-refractivity contribution < 1.29 is 43.5 Å². The SMILES string of the molecule is C=C1Cc2ccccc2C1=O.CC.CC.CC.CC.CC.CC.CC.CC.CC.CC.CC(C)C(=O)c1ccccc1.CC1=Cc2ccccc2C1.CC1=Cc2ccccc2C1=O.CC1C(=O)c2ccccc2C1=O.CC1CCCc2ccccc2C1=O.CC1CCc2ccccc2C1=O.CC1Cc2ccccc2C1.CC1Cc2ccccc2C1=O.CC1Cc2ccccc2C1O. The molecule has 10 aromatic carbocycles. The van der Waals surface area contributed by atoms with Crippen molar-refractivity contribution in [2.45, 2.75) is 284 Å². The van der Waals surface area contributed by atoms with Crippen molar-refractivity contribution in [3.8, 4) is 0 Å². The Hall–Kier alpha value is -11.3. The Kier molecular flexibility index (Phi) is 62.9. The van der Waals surface area contributed by atoms with Gasteiger partial charge in [-0.05, 0) is 175 Å². The molecule has 712 valence electrons. The second kappa shape index (κ2) is 68.7. The maximum absolute atomic E-state index is 11.8. The van der Waals surface area contributed by atoms with Crippen molar-refractivity contribution in [2.24, 2.45) is 41.4 Å². The molecule has 9 aliphatic rings. The lowest BCUT2D eigenvalue weighted by Crippen LogP contribution is -2.19. The van der Waals surface area contributed by atoms with Crippen molar-refractivity contribution in [3.05, 3.63) is 378 Å². The normalized spacial score (nSPS) is 16.1. The van der Waals surface area contributed by atoms with Crippen LogP contribution in [-0.4, -0.2) is 51.4 Å². The van der Waals surface area contributed by atoms with Gasteiger partial charge in [-0.1, -0.05) is 454 Å². The van der Waals surface area contributed by atoms with Crippen LogP contribution in [0.5, 0.6) is 0 Å². The Morgan fingerprint density at radius 3 is 1.14 bits per heavy atom. The van der Waals surface area contributed by atoms with E-state index < -0.39 is 5.92 Å². The average Bonchev–Trinajstić information content (AvgIpc) is 1.67. The molecule has 0 amide bonds. The van der Waals surface area contributed by atoms with Crippen LogP contribution in [-0.2, 0) is 51.4 Å². The Bertz CT molecular complexity index is 5060. The number of carbonyl (C=O) groups excluding carboxylic acids is 8. The summed E-state index contributed by atoms with van der Waals surface area (Å²) in [6.45, 7) is 63.7. The van der Waals surface area contributed by atoms with E-state index in [9.17, 15) is 43.5 Å². The van der Waals surface area contributed by atoms with E-state index >= 15 is 0 Å². The standard InChI is InChI=1S/C12H14O.C11H12O.C10H8O2.C10H12O.C10H10O.2C10H8O.C10H12O.C10H12.C10H10.10C2H6/c1-9-5-4-7-10-6-2-3-8-11(10)12(9)13;1-8-6-7-9-4-2-3-5-10(9)11(8)12;1-6-9(11)7-4-2-3-5-8(7)10(6)12;4*1-7-6-8-4-2-3-5-9(8)10(7)11;1-8(2)10(11)9-6-4-3-5-7-9;2*1-8-6-9-4-2-3-5-10(9)7-8;10*1-2/h2-3,6,8-9H,4-5,7H2,1H3;2-5,8H,6-7H2,1H3;2-6H,1H3;2-5,7,10-11H,6H2,1H3;2-5,7H,6H2,1H3;2-6H,1H3;2-5H,1,6H2;3-8H,1-2H3;2-5,8H,6-7H2,1H3;2-6H,7H2,1H3;10*1-2H3. The maximum Gasteiger partial charge on any atom is 0.189 e. The lowest BCUT2D eigenvalue weighted by atomic mass is 9.84. The van der Waals surface area contributed by atoms with Crippen LogP contribution in [0.4, 0.5) is 0 Å². The molecule has 0 spiro atoms. The molecular weight excluding hydrogens is 1620 g/mol. The van der Waals surface area contributed by atoms with E-state index in [1.165, 1.54) is 51.8 Å². The predicted octanol–water partition coefficient (Wildman–Crippen LogP) is 33.1. The van der Waals surface area contributed by atoms with E-state index in [0.717, 1.165) is 119 Å². The number of Topliss-reactive ketones (excluding diaryl/α,β-unsaturated/α-hetero) is 8. The van der Waals surface area contributed by atoms with Crippen LogP contribution in [0.1, 0.15) is 377 Å². The quantitative estimate of drug-likeness (QED) is 0.0770. The third-order valence-electron chi connectivity index (χ3n) is 22.0. The number of allylic oxidation sites excluding steroid dienone is 3. The molecule has 9 aliphatic carbocycles. The van der Waals surface area contributed by atoms with Crippen molar-refractivity contribution in [1.82, 2.24) is 0 Å². The highest BCUT2D eigenvalue weighted by Gasteiger charge is 2.35. The summed E-state index contributed by atoms with van der Waals surface area (Å²) in [5.41, 5.74) is 23.8. The smallest absolute Gasteiger partial charge is 0.189 e. The molecule has 5 unspecified atom stereocenters. The van der Waals surface area contributed by atoms with Crippen LogP contribution in [0.2, 0.25) is 0 Å². The van der Waals surface area contributed by atoms with Gasteiger partial charge in [-0.25, -0.2) is 0 Å². The number of hydrogen-bond donors (Lipinski definition) is 1. The van der Waals surface area contributed by atoms with Crippen LogP contribution < -0.4 is 0 Å². The zero-order chi connectivity index (χ0) is 100. The Morgan fingerprint density at radius 2 is 0.689 bits per heavy atom. The molecule has 9 nitrogen and oxygen atoms in total. The minimum Gasteiger partial charge on any atom is -0.388 e. The van der Waals surface area contributed by atoms with Crippen molar-refractivity contribution in [1.29, 1.82) is 0 Å². The number of carbonyl (C=O) groups is 8. The summed E-state index contributed by atoms with van der Waals surface area (Å²) >= 11 is 0. The Balaban J connectivity index is 0.00000141. The van der Waals surface area contributed by atoms with Gasteiger partial charge in [0.2, 0.25) is 0 Å². The molecule has 0 aromatic heterocycles. The lowest BCUT2D eigenvalue weighted by molar-refractivity contribution is 0.0847. The molecule has 0 radical (unpaired) electrons. The first kappa shape index (κ1) is 121. The summed E-state index contributed by atoms with van der Waals surface area (Å²) in [4.78, 5) is 91.6. The first-order valence-electron chi connectivity index (χ1n) is 49.7. The molecule has 0 fully saturated rings. The largest absolute Gasteiger partial charge is 0.388 e. The van der Waals surface area contributed by atoms with Gasteiger partial charge < -0.3 is 5.11 Å². The van der Waals surface area contributed by atoms with E-state index in [-0.39, 0.29) is 58.7 Å². The topological polar surface area (TPSA) is 157 Å². The molecular formula is C123H166O9. The van der Waals surface area contributed by atoms with Gasteiger partial charge in [0.05, 0.1) is 12.0 Å². The summed E-state index contributed by atoms with van der Waals surface area (Å²) in [7, 11) is 0. The fourth-order valence-electron chi connectivity index (χ4n) is 15.5. The predicted molar refractivity (Wildman–Crippen MR) is 567 cm³/mol. The summed E-state index contributed by atoms with van der Waals surface area (Å²) in [6.07, 6.45) is 15.7. The van der Waals surface area contributed by atoms with Crippen LogP contribution in [0, 0.1) is 41.4 Å². The molecule has 0 saturated carbocycles. The first-order chi connectivity index (χ1) is 63.9. The van der Waals surface area contributed by atoms with Crippen molar-refractivity contribution >= 4 is 58.4 Å². The van der Waals surface area contributed by atoms with Crippen LogP contribution in [0.3, 0.4) is 0 Å². The highest BCUT2D eigenvalue weighted by Crippen LogP contribution is 2.36. The second-order valence-electron chi connectivity index (χ2n) is 31.3. The minimum absolute atomic E-state index is 0.0457. The number of rotatable bonds is 2. The fraction of sp³-hybridized carbons (Fsp3) is 0.398. The summed E-state index contributed by atoms with van der Waals surface area (Å²) in [5.74, 6) is 2.88. The van der Waals surface area contributed by atoms with Gasteiger partial charge in [0, 0.05) is 74.6 Å². The number of benzene rings is 10. The molecule has 0 heterocycles. The van der Waals surface area contributed by atoms with E-state index in [1.54, 1.807) is 42.3 Å². The molecule has 19 rings (SSSR count). The fourth-order valence-corrected chi connectivity index (χ4v) is 15.5.